The van der Waals surface area contributed by atoms with Crippen molar-refractivity contribution in [1.29, 1.82) is 0 Å². The van der Waals surface area contributed by atoms with Crippen molar-refractivity contribution in [3.8, 4) is 33.4 Å². The lowest BCUT2D eigenvalue weighted by atomic mass is 9.76. The molecule has 0 saturated carbocycles. The van der Waals surface area contributed by atoms with Gasteiger partial charge >= 0.3 is 0 Å². The van der Waals surface area contributed by atoms with Gasteiger partial charge in [-0.15, -0.1) is 0 Å². The molecule has 6 nitrogen and oxygen atoms in total. The number of hydrogen-bond acceptors (Lipinski definition) is 6. The SMILES string of the molecule is CC(C)(C)c1ccc2c(c1)C([C@@H](O)[C@@H]1CCC(CC(C)(C)c3ccc4c(c3)C([C@H](O)[C@H]3CCCN3)c3cc(C(C)(C)C)ccc3-4)N1)c1ccc(N3CCC[C@H]3[C@H](O)C3c4ccccc4-c4ccccc43)cc1-2. The first-order valence-electron chi connectivity index (χ1n) is 27.5. The number of anilines is 1. The van der Waals surface area contributed by atoms with E-state index in [0.717, 1.165) is 63.7 Å². The number of rotatable bonds is 10. The number of nitrogens with zero attached hydrogens (tertiary/aromatic N) is 1. The topological polar surface area (TPSA) is 88.0 Å². The molecule has 6 aromatic rings. The highest BCUT2D eigenvalue weighted by Crippen LogP contribution is 2.54. The van der Waals surface area contributed by atoms with Gasteiger partial charge in [0.05, 0.1) is 24.4 Å². The molecule has 3 saturated heterocycles. The zero-order chi connectivity index (χ0) is 50.0. The van der Waals surface area contributed by atoms with Gasteiger partial charge in [0, 0.05) is 48.1 Å². The summed E-state index contributed by atoms with van der Waals surface area (Å²) in [4.78, 5) is 2.48. The van der Waals surface area contributed by atoms with Crippen LogP contribution in [0.3, 0.4) is 0 Å². The third kappa shape index (κ3) is 8.01. The molecule has 3 fully saturated rings. The summed E-state index contributed by atoms with van der Waals surface area (Å²) >= 11 is 0. The molecule has 0 aromatic heterocycles. The van der Waals surface area contributed by atoms with E-state index in [2.05, 4.69) is 192 Å². The molecule has 0 bridgehead atoms. The number of benzene rings is 6. The summed E-state index contributed by atoms with van der Waals surface area (Å²) in [5, 5.41) is 45.2. The molecule has 0 radical (unpaired) electrons. The number of hydrogen-bond donors (Lipinski definition) is 5. The van der Waals surface area contributed by atoms with Crippen molar-refractivity contribution < 1.29 is 15.3 Å². The molecular weight excluding hydrogens is 883 g/mol. The summed E-state index contributed by atoms with van der Waals surface area (Å²) < 4.78 is 0. The summed E-state index contributed by atoms with van der Waals surface area (Å²) in [6, 6.07) is 45.6. The van der Waals surface area contributed by atoms with Crippen LogP contribution in [0.25, 0.3) is 33.4 Å². The fourth-order valence-electron chi connectivity index (χ4n) is 14.6. The zero-order valence-electron chi connectivity index (χ0n) is 44.0. The normalized spacial score (nSPS) is 24.7. The van der Waals surface area contributed by atoms with Crippen molar-refractivity contribution in [3.05, 3.63) is 171 Å². The molecule has 3 heterocycles. The van der Waals surface area contributed by atoms with E-state index in [1.807, 2.05) is 0 Å². The Morgan fingerprint density at radius 1 is 0.486 bits per heavy atom. The van der Waals surface area contributed by atoms with Gasteiger partial charge in [0.1, 0.15) is 0 Å². The van der Waals surface area contributed by atoms with Gasteiger partial charge in [-0.3, -0.25) is 0 Å². The second-order valence-corrected chi connectivity index (χ2v) is 25.5. The maximum atomic E-state index is 12.8. The van der Waals surface area contributed by atoms with Gasteiger partial charge in [-0.25, -0.2) is 0 Å². The molecule has 3 unspecified atom stereocenters. The lowest BCUT2D eigenvalue weighted by Gasteiger charge is -2.34. The van der Waals surface area contributed by atoms with Crippen LogP contribution in [0.4, 0.5) is 5.69 Å². The van der Waals surface area contributed by atoms with Crippen LogP contribution >= 0.6 is 0 Å². The third-order valence-electron chi connectivity index (χ3n) is 18.5. The van der Waals surface area contributed by atoms with E-state index in [4.69, 9.17) is 0 Å². The maximum Gasteiger partial charge on any atom is 0.0852 e. The van der Waals surface area contributed by atoms with E-state index in [0.29, 0.717) is 0 Å². The quantitative estimate of drug-likeness (QED) is 0.0940. The van der Waals surface area contributed by atoms with Crippen molar-refractivity contribution in [2.45, 2.75) is 177 Å². The Kier molecular flexibility index (Phi) is 11.8. The van der Waals surface area contributed by atoms with Crippen LogP contribution < -0.4 is 15.5 Å². The Balaban J connectivity index is 0.806. The highest BCUT2D eigenvalue weighted by molar-refractivity contribution is 5.84. The van der Waals surface area contributed by atoms with E-state index in [1.165, 1.54) is 83.5 Å². The minimum Gasteiger partial charge on any atom is -0.391 e. The molecule has 0 amide bonds. The highest BCUT2D eigenvalue weighted by Gasteiger charge is 2.45. The van der Waals surface area contributed by atoms with Crippen molar-refractivity contribution >= 4 is 5.69 Å². The zero-order valence-corrected chi connectivity index (χ0v) is 44.0. The largest absolute Gasteiger partial charge is 0.391 e. The van der Waals surface area contributed by atoms with E-state index < -0.39 is 18.3 Å². The Bertz CT molecular complexity index is 3000. The van der Waals surface area contributed by atoms with Gasteiger partial charge in [-0.1, -0.05) is 165 Å². The number of fused-ring (bicyclic) bond motifs is 9. The molecule has 5 N–H and O–H groups in total. The van der Waals surface area contributed by atoms with E-state index in [9.17, 15) is 15.3 Å². The number of aliphatic hydroxyl groups excluding tert-OH is 3. The fraction of sp³-hybridized carbons (Fsp3) is 0.455. The van der Waals surface area contributed by atoms with Gasteiger partial charge in [-0.05, 0) is 163 Å². The van der Waals surface area contributed by atoms with Gasteiger partial charge in [0.25, 0.3) is 0 Å². The van der Waals surface area contributed by atoms with Crippen LogP contribution in [0.1, 0.15) is 168 Å². The predicted octanol–water partition coefficient (Wildman–Crippen LogP) is 12.6. The van der Waals surface area contributed by atoms with Crippen molar-refractivity contribution in [2.75, 3.05) is 18.0 Å². The van der Waals surface area contributed by atoms with Gasteiger partial charge in [0.2, 0.25) is 0 Å². The van der Waals surface area contributed by atoms with Gasteiger partial charge < -0.3 is 30.9 Å². The standard InChI is InChI=1S/C66H77N3O3/c1-64(2,3)38-21-26-45-46-28-23-40(35-54(46)60(52(45)33-38)61(70)55-19-13-31-67-55)66(7,8)37-41-24-30-56(68-41)62(71)59-50-29-25-42(36-51(50)47-27-22-39(34-53(47)59)65(4,5)6)69-32-14-20-57(69)63(72)58-48-17-11-9-15-43(48)44-16-10-12-18-49(44)58/h9-12,15-18,21-23,25-29,33-36,41,55-63,67-68,70-72H,13-14,19-20,24,30-32,37H2,1-8H3/t41?,55-,56+,57+,59?,60?,61-,62+,63+/m1/s1. The highest BCUT2D eigenvalue weighted by atomic mass is 16.3. The molecule has 6 aliphatic rings. The average Bonchev–Trinajstić information content (AvgIpc) is 4.24. The summed E-state index contributed by atoms with van der Waals surface area (Å²) in [6.45, 7) is 20.3. The minimum atomic E-state index is -0.606. The van der Waals surface area contributed by atoms with E-state index >= 15 is 0 Å². The Morgan fingerprint density at radius 3 is 1.60 bits per heavy atom. The summed E-state index contributed by atoms with van der Waals surface area (Å²) in [5.41, 5.74) is 19.7. The Morgan fingerprint density at radius 2 is 1.00 bits per heavy atom. The molecule has 9 atom stereocenters. The first-order valence-corrected chi connectivity index (χ1v) is 27.5. The molecule has 6 aromatic carbocycles. The Labute approximate surface area is 429 Å². The first-order chi connectivity index (χ1) is 34.5. The monoisotopic (exact) mass is 960 g/mol. The third-order valence-corrected chi connectivity index (χ3v) is 18.5. The van der Waals surface area contributed by atoms with E-state index in [1.54, 1.807) is 0 Å². The van der Waals surface area contributed by atoms with Gasteiger partial charge in [0.15, 0.2) is 0 Å². The maximum absolute atomic E-state index is 12.8. The number of aliphatic hydroxyl groups is 3. The molecule has 6 heteroatoms. The predicted molar refractivity (Wildman–Crippen MR) is 296 cm³/mol. The molecule has 3 aliphatic heterocycles. The van der Waals surface area contributed by atoms with Crippen LogP contribution in [0.15, 0.2) is 121 Å². The fourth-order valence-corrected chi connectivity index (χ4v) is 14.6. The molecule has 0 spiro atoms. The van der Waals surface area contributed by atoms with Crippen molar-refractivity contribution in [1.82, 2.24) is 10.6 Å². The lowest BCUT2D eigenvalue weighted by Crippen LogP contribution is -2.43. The van der Waals surface area contributed by atoms with Crippen LogP contribution in [0.2, 0.25) is 0 Å². The summed E-state index contributed by atoms with van der Waals surface area (Å²) in [5.74, 6) is -0.297. The minimum absolute atomic E-state index is 0.0151. The second-order valence-electron chi connectivity index (χ2n) is 25.5. The van der Waals surface area contributed by atoms with Crippen molar-refractivity contribution in [2.24, 2.45) is 0 Å². The number of nitrogens with one attached hydrogen (secondary N) is 2. The second kappa shape index (κ2) is 17.8. The van der Waals surface area contributed by atoms with Gasteiger partial charge in [-0.2, -0.15) is 0 Å². The van der Waals surface area contributed by atoms with E-state index in [-0.39, 0.29) is 58.2 Å². The van der Waals surface area contributed by atoms with Crippen molar-refractivity contribution in [3.63, 3.8) is 0 Å². The summed E-state index contributed by atoms with van der Waals surface area (Å²) in [7, 11) is 0. The molecule has 12 rings (SSSR count). The average molecular weight is 960 g/mol. The molecule has 72 heavy (non-hydrogen) atoms. The summed E-state index contributed by atoms with van der Waals surface area (Å²) in [6.07, 6.45) is 5.29. The van der Waals surface area contributed by atoms with Crippen LogP contribution in [-0.4, -0.2) is 70.9 Å². The molecule has 3 aliphatic carbocycles. The lowest BCUT2D eigenvalue weighted by molar-refractivity contribution is 0.117. The molecular formula is C66H77N3O3. The van der Waals surface area contributed by atoms with Crippen LogP contribution in [0, 0.1) is 0 Å². The van der Waals surface area contributed by atoms with Crippen LogP contribution in [-0.2, 0) is 16.2 Å². The van der Waals surface area contributed by atoms with Crippen LogP contribution in [0.5, 0.6) is 0 Å². The first kappa shape index (κ1) is 47.9. The smallest absolute Gasteiger partial charge is 0.0852 e. The molecule has 374 valence electrons. The Hall–Kier alpha value is -5.08.